The molecule has 3 atom stereocenters. The maximum Gasteiger partial charge on any atom is 0.236 e. The highest BCUT2D eigenvalue weighted by molar-refractivity contribution is 7.80. The summed E-state index contributed by atoms with van der Waals surface area (Å²) >= 11 is 11.9. The first-order chi connectivity index (χ1) is 15.8. The van der Waals surface area contributed by atoms with Crippen molar-refractivity contribution in [2.24, 2.45) is 5.92 Å². The number of benzene rings is 3. The number of hydrogen-bond acceptors (Lipinski definition) is 3. The minimum Gasteiger partial charge on any atom is -0.467 e. The molecule has 2 aliphatic heterocycles. The lowest BCUT2D eigenvalue weighted by molar-refractivity contribution is -0.130. The van der Waals surface area contributed by atoms with E-state index < -0.39 is 11.6 Å². The predicted octanol–water partition coefficient (Wildman–Crippen LogP) is 5.76. The maximum atomic E-state index is 13.8. The number of para-hydroxylation sites is 1. The first kappa shape index (κ1) is 21.7. The highest BCUT2D eigenvalue weighted by Gasteiger charge is 2.59. The number of thiocarbonyl (C=S) groups is 1. The Morgan fingerprint density at radius 1 is 1.12 bits per heavy atom. The average Bonchev–Trinajstić information content (AvgIpc) is 2.77. The van der Waals surface area contributed by atoms with E-state index in [0.29, 0.717) is 15.8 Å². The SMILES string of the molecule is Cc1ccc2c(c1)[C@H]1NC(=S)N(c3ccccc3C)[C@](C)(O2)[C@H]1C(=O)Nc1ccc(Cl)cc1. The number of halogens is 1. The molecule has 1 fully saturated rings. The summed E-state index contributed by atoms with van der Waals surface area (Å²) in [7, 11) is 0. The minimum absolute atomic E-state index is 0.162. The van der Waals surface area contributed by atoms with Gasteiger partial charge < -0.3 is 15.4 Å². The second-order valence-electron chi connectivity index (χ2n) is 8.72. The fourth-order valence-electron chi connectivity index (χ4n) is 4.83. The molecular weight excluding hydrogens is 454 g/mol. The van der Waals surface area contributed by atoms with Crippen LogP contribution in [0.1, 0.15) is 29.7 Å². The van der Waals surface area contributed by atoms with Gasteiger partial charge in [0, 0.05) is 22.0 Å². The average molecular weight is 478 g/mol. The summed E-state index contributed by atoms with van der Waals surface area (Å²) in [5.74, 6) is -0.00317. The monoisotopic (exact) mass is 477 g/mol. The standard InChI is InChI=1S/C26H24ClN3O2S/c1-15-8-13-21-19(14-15)23-22(24(31)28-18-11-9-17(27)10-12-18)26(3,32-21)30(25(33)29-23)20-7-5-4-6-16(20)2/h4-14,22-23H,1-3H3,(H,28,31)(H,29,33)/t22-,23-,26-/m1/s1. The summed E-state index contributed by atoms with van der Waals surface area (Å²) in [6.07, 6.45) is 0. The Balaban J connectivity index is 1.64. The molecule has 2 bridgehead atoms. The van der Waals surface area contributed by atoms with E-state index in [1.165, 1.54) is 0 Å². The van der Waals surface area contributed by atoms with E-state index in [9.17, 15) is 4.79 Å². The third-order valence-electron chi connectivity index (χ3n) is 6.40. The van der Waals surface area contributed by atoms with Crippen LogP contribution in [-0.2, 0) is 4.79 Å². The lowest BCUT2D eigenvalue weighted by Gasteiger charge is -2.56. The fraction of sp³-hybridized carbons (Fsp3) is 0.231. The van der Waals surface area contributed by atoms with E-state index >= 15 is 0 Å². The molecule has 3 aromatic carbocycles. The van der Waals surface area contributed by atoms with Crippen LogP contribution in [0.15, 0.2) is 66.7 Å². The molecule has 2 N–H and O–H groups in total. The molecule has 2 aliphatic rings. The summed E-state index contributed by atoms with van der Waals surface area (Å²) in [6, 6.07) is 20.8. The molecule has 7 heteroatoms. The van der Waals surface area contributed by atoms with Gasteiger partial charge in [0.1, 0.15) is 11.7 Å². The molecule has 0 aliphatic carbocycles. The number of nitrogens with zero attached hydrogens (tertiary/aromatic N) is 1. The molecule has 0 radical (unpaired) electrons. The molecule has 5 nitrogen and oxygen atoms in total. The molecule has 1 saturated heterocycles. The summed E-state index contributed by atoms with van der Waals surface area (Å²) < 4.78 is 6.64. The van der Waals surface area contributed by atoms with E-state index in [1.807, 2.05) is 62.1 Å². The van der Waals surface area contributed by atoms with Crippen molar-refractivity contribution in [1.29, 1.82) is 0 Å². The van der Waals surface area contributed by atoms with E-state index in [0.717, 1.165) is 28.1 Å². The van der Waals surface area contributed by atoms with Crippen LogP contribution in [-0.4, -0.2) is 16.7 Å². The van der Waals surface area contributed by atoms with E-state index in [-0.39, 0.29) is 11.9 Å². The molecule has 3 aromatic rings. The number of carbonyl (C=O) groups excluding carboxylic acids is 1. The predicted molar refractivity (Wildman–Crippen MR) is 136 cm³/mol. The van der Waals surface area contributed by atoms with Crippen LogP contribution in [0.5, 0.6) is 5.75 Å². The second-order valence-corrected chi connectivity index (χ2v) is 9.54. The quantitative estimate of drug-likeness (QED) is 0.470. The highest BCUT2D eigenvalue weighted by atomic mass is 35.5. The number of aryl methyl sites for hydroxylation is 2. The summed E-state index contributed by atoms with van der Waals surface area (Å²) in [6.45, 7) is 5.99. The van der Waals surface area contributed by atoms with Gasteiger partial charge in [0.25, 0.3) is 0 Å². The second kappa shape index (κ2) is 8.04. The van der Waals surface area contributed by atoms with Crippen molar-refractivity contribution in [3.8, 4) is 5.75 Å². The maximum absolute atomic E-state index is 13.8. The molecular formula is C26H24ClN3O2S. The lowest BCUT2D eigenvalue weighted by atomic mass is 9.78. The van der Waals surface area contributed by atoms with Crippen LogP contribution >= 0.6 is 23.8 Å². The summed E-state index contributed by atoms with van der Waals surface area (Å²) in [5, 5.41) is 7.64. The van der Waals surface area contributed by atoms with Crippen LogP contribution in [0.4, 0.5) is 11.4 Å². The number of carbonyl (C=O) groups is 1. The van der Waals surface area contributed by atoms with Crippen molar-refractivity contribution in [3.05, 3.63) is 88.4 Å². The van der Waals surface area contributed by atoms with Crippen LogP contribution < -0.4 is 20.3 Å². The van der Waals surface area contributed by atoms with Gasteiger partial charge in [-0.2, -0.15) is 0 Å². The summed E-state index contributed by atoms with van der Waals surface area (Å²) in [4.78, 5) is 15.7. The van der Waals surface area contributed by atoms with E-state index in [1.54, 1.807) is 24.3 Å². The number of nitrogens with one attached hydrogen (secondary N) is 2. The Hall–Kier alpha value is -3.09. The molecule has 1 amide bonds. The van der Waals surface area contributed by atoms with Crippen molar-refractivity contribution in [1.82, 2.24) is 5.32 Å². The molecule has 0 spiro atoms. The van der Waals surface area contributed by atoms with Gasteiger partial charge in [-0.25, -0.2) is 0 Å². The smallest absolute Gasteiger partial charge is 0.236 e. The van der Waals surface area contributed by atoms with Gasteiger partial charge in [-0.3, -0.25) is 9.69 Å². The lowest BCUT2D eigenvalue weighted by Crippen LogP contribution is -2.72. The van der Waals surface area contributed by atoms with Gasteiger partial charge in [0.05, 0.1) is 6.04 Å². The third kappa shape index (κ3) is 3.63. The Morgan fingerprint density at radius 3 is 2.58 bits per heavy atom. The fourth-order valence-corrected chi connectivity index (χ4v) is 5.37. The molecule has 0 saturated carbocycles. The Labute approximate surface area is 203 Å². The van der Waals surface area contributed by atoms with Crippen LogP contribution in [0.25, 0.3) is 0 Å². The number of amides is 1. The van der Waals surface area contributed by atoms with Crippen molar-refractivity contribution < 1.29 is 9.53 Å². The van der Waals surface area contributed by atoms with Gasteiger partial charge in [-0.1, -0.05) is 47.5 Å². The zero-order valence-electron chi connectivity index (χ0n) is 18.6. The van der Waals surface area contributed by atoms with Crippen LogP contribution in [0, 0.1) is 19.8 Å². The van der Waals surface area contributed by atoms with Gasteiger partial charge in [-0.05, 0) is 75.0 Å². The Kier molecular flexibility index (Phi) is 5.30. The van der Waals surface area contributed by atoms with Crippen LogP contribution in [0.2, 0.25) is 5.02 Å². The first-order valence-electron chi connectivity index (χ1n) is 10.8. The number of anilines is 2. The molecule has 33 heavy (non-hydrogen) atoms. The molecule has 2 heterocycles. The minimum atomic E-state index is -1.04. The van der Waals surface area contributed by atoms with Crippen molar-refractivity contribution in [3.63, 3.8) is 0 Å². The molecule has 5 rings (SSSR count). The Bertz CT molecular complexity index is 1260. The number of rotatable bonds is 3. The van der Waals surface area contributed by atoms with Crippen LogP contribution in [0.3, 0.4) is 0 Å². The number of ether oxygens (including phenoxy) is 1. The van der Waals surface area contributed by atoms with Gasteiger partial charge in [-0.15, -0.1) is 0 Å². The van der Waals surface area contributed by atoms with Gasteiger partial charge in [0.15, 0.2) is 10.8 Å². The zero-order chi connectivity index (χ0) is 23.3. The highest BCUT2D eigenvalue weighted by Crippen LogP contribution is 2.50. The van der Waals surface area contributed by atoms with E-state index in [2.05, 4.69) is 16.7 Å². The molecule has 0 aromatic heterocycles. The van der Waals surface area contributed by atoms with E-state index in [4.69, 9.17) is 28.6 Å². The largest absolute Gasteiger partial charge is 0.467 e. The van der Waals surface area contributed by atoms with Crippen molar-refractivity contribution >= 4 is 46.2 Å². The van der Waals surface area contributed by atoms with Gasteiger partial charge >= 0.3 is 0 Å². The third-order valence-corrected chi connectivity index (χ3v) is 6.96. The molecule has 168 valence electrons. The number of hydrogen-bond donors (Lipinski definition) is 2. The Morgan fingerprint density at radius 2 is 1.85 bits per heavy atom. The number of fused-ring (bicyclic) bond motifs is 4. The van der Waals surface area contributed by atoms with Crippen molar-refractivity contribution in [2.45, 2.75) is 32.5 Å². The zero-order valence-corrected chi connectivity index (χ0v) is 20.1. The summed E-state index contributed by atoms with van der Waals surface area (Å²) in [5.41, 5.74) is 3.58. The molecule has 0 unspecified atom stereocenters. The van der Waals surface area contributed by atoms with Crippen molar-refractivity contribution in [2.75, 3.05) is 10.2 Å². The van der Waals surface area contributed by atoms with Gasteiger partial charge in [0.2, 0.25) is 5.91 Å². The topological polar surface area (TPSA) is 53.6 Å². The normalized spacial score (nSPS) is 23.3. The first-order valence-corrected chi connectivity index (χ1v) is 11.6.